The highest BCUT2D eigenvalue weighted by molar-refractivity contribution is 6.14. The second kappa shape index (κ2) is 20.7. The lowest BCUT2D eigenvalue weighted by Gasteiger charge is -2.21. The quantitative estimate of drug-likeness (QED) is 0.140. The summed E-state index contributed by atoms with van der Waals surface area (Å²) in [5.74, 6) is 0. The molecule has 13 aromatic rings. The van der Waals surface area contributed by atoms with Gasteiger partial charge in [-0.15, -0.1) is 0 Å². The van der Waals surface area contributed by atoms with Crippen molar-refractivity contribution in [1.82, 2.24) is 9.13 Å². The van der Waals surface area contributed by atoms with Gasteiger partial charge in [0.05, 0.1) is 51.6 Å². The second-order valence-corrected chi connectivity index (χ2v) is 24.4. The monoisotopic (exact) mass is 1100 g/mol. The van der Waals surface area contributed by atoms with Crippen LogP contribution < -0.4 is 0 Å². The highest BCUT2D eigenvalue weighted by atomic mass is 15.0. The number of aryl methyl sites for hydroxylation is 13. The standard InChI is InChI=1S/C81H68N4/c1-45-29-50(6)78(51(7)30-45)60-17-24-72-67(38-60)68-39-61(79-52(8)31-46(2)32-53(79)9)18-25-73(68)84(72)76-28-21-64(83-14)43-71(76)66-23-16-59(65-22-15-58(44-82)37-49(65)5)42-77(66)85-74-26-19-62(80-54(10)33-47(3)34-55(80)11)40-69(74)70-41-63(20-27-75(70)85)81-56(12)35-48(4)36-57(81)13/h15-43H,1-13H3. The minimum absolute atomic E-state index is 0.557. The van der Waals surface area contributed by atoms with Crippen LogP contribution in [-0.2, 0) is 0 Å². The van der Waals surface area contributed by atoms with Crippen molar-refractivity contribution in [2.75, 3.05) is 0 Å². The molecule has 85 heavy (non-hydrogen) atoms. The zero-order valence-corrected chi connectivity index (χ0v) is 51.0. The van der Waals surface area contributed by atoms with E-state index in [2.05, 4.69) is 268 Å². The molecule has 4 nitrogen and oxygen atoms in total. The Kier molecular flexibility index (Phi) is 13.2. The first-order chi connectivity index (χ1) is 40.9. The molecule has 0 aliphatic heterocycles. The Labute approximate surface area is 500 Å². The van der Waals surface area contributed by atoms with E-state index in [0.717, 1.165) is 82.8 Å². The number of hydrogen-bond acceptors (Lipinski definition) is 1. The summed E-state index contributed by atoms with van der Waals surface area (Å²) in [4.78, 5) is 4.15. The molecule has 2 heterocycles. The SMILES string of the molecule is [C-]#[N+]c1ccc(-n2c3ccc(-c4c(C)cc(C)cc4C)cc3c3cc(-c4c(C)cc(C)cc4C)ccc32)c(-c2ccc(-c3ccc(C#N)cc3C)cc2-n2c3ccc(-c4c(C)cc(C)cc4C)cc3c3cc(-c4c(C)cc(C)cc4C)ccc32)c1. The summed E-state index contributed by atoms with van der Waals surface area (Å²) in [7, 11) is 0. The molecule has 11 aromatic carbocycles. The zero-order valence-electron chi connectivity index (χ0n) is 51.0. The molecule has 0 spiro atoms. The fourth-order valence-corrected chi connectivity index (χ4v) is 14.9. The van der Waals surface area contributed by atoms with E-state index in [1.54, 1.807) is 0 Å². The molecule has 4 heteroatoms. The van der Waals surface area contributed by atoms with E-state index in [-0.39, 0.29) is 0 Å². The van der Waals surface area contributed by atoms with E-state index >= 15 is 0 Å². The molecule has 0 radical (unpaired) electrons. The topological polar surface area (TPSA) is 38.0 Å². The molecule has 0 fully saturated rings. The maximum atomic E-state index is 10.0. The largest absolute Gasteiger partial charge is 0.309 e. The summed E-state index contributed by atoms with van der Waals surface area (Å²) in [5.41, 5.74) is 37.4. The molecule has 0 atom stereocenters. The van der Waals surface area contributed by atoms with Crippen molar-refractivity contribution in [2.24, 2.45) is 0 Å². The van der Waals surface area contributed by atoms with Gasteiger partial charge in [-0.1, -0.05) is 119 Å². The van der Waals surface area contributed by atoms with E-state index < -0.39 is 0 Å². The van der Waals surface area contributed by atoms with Gasteiger partial charge in [0.2, 0.25) is 0 Å². The van der Waals surface area contributed by atoms with Crippen LogP contribution in [-0.4, -0.2) is 9.13 Å². The molecule has 0 aliphatic carbocycles. The smallest absolute Gasteiger partial charge is 0.188 e. The number of nitrogens with zero attached hydrogens (tertiary/aromatic N) is 4. The molecule has 0 saturated heterocycles. The molecule has 0 unspecified atom stereocenters. The lowest BCUT2D eigenvalue weighted by molar-refractivity contribution is 1.16. The van der Waals surface area contributed by atoms with E-state index in [1.807, 2.05) is 18.2 Å². The molecule has 0 N–H and O–H groups in total. The van der Waals surface area contributed by atoms with Gasteiger partial charge in [0.1, 0.15) is 0 Å². The molecular formula is C81H68N4. The van der Waals surface area contributed by atoms with Gasteiger partial charge < -0.3 is 9.13 Å². The third-order valence-electron chi connectivity index (χ3n) is 17.9. The highest BCUT2D eigenvalue weighted by Crippen LogP contribution is 2.47. The van der Waals surface area contributed by atoms with Crippen LogP contribution in [0.2, 0.25) is 0 Å². The van der Waals surface area contributed by atoms with Gasteiger partial charge in [0, 0.05) is 27.1 Å². The zero-order chi connectivity index (χ0) is 59.4. The van der Waals surface area contributed by atoms with Gasteiger partial charge in [0.15, 0.2) is 5.69 Å². The molecule has 0 saturated carbocycles. The van der Waals surface area contributed by atoms with Gasteiger partial charge in [-0.3, -0.25) is 0 Å². The van der Waals surface area contributed by atoms with Crippen molar-refractivity contribution in [3.63, 3.8) is 0 Å². The summed E-state index contributed by atoms with van der Waals surface area (Å²) in [5, 5.41) is 14.7. The van der Waals surface area contributed by atoms with Crippen molar-refractivity contribution in [3.05, 3.63) is 265 Å². The number of fused-ring (bicyclic) bond motifs is 6. The van der Waals surface area contributed by atoms with Gasteiger partial charge >= 0.3 is 0 Å². The Bertz CT molecular complexity index is 4790. The number of benzene rings is 11. The third-order valence-corrected chi connectivity index (χ3v) is 17.9. The van der Waals surface area contributed by atoms with Crippen molar-refractivity contribution in [3.8, 4) is 84.2 Å². The number of hydrogen-bond donors (Lipinski definition) is 0. The Balaban J connectivity index is 1.13. The molecule has 412 valence electrons. The van der Waals surface area contributed by atoms with Crippen LogP contribution >= 0.6 is 0 Å². The summed E-state index contributed by atoms with van der Waals surface area (Å²) in [6.45, 7) is 37.2. The Morgan fingerprint density at radius 1 is 0.306 bits per heavy atom. The third kappa shape index (κ3) is 9.13. The molecular weight excluding hydrogens is 1030 g/mol. The number of aromatic nitrogens is 2. The lowest BCUT2D eigenvalue weighted by atomic mass is 9.91. The van der Waals surface area contributed by atoms with E-state index in [0.29, 0.717) is 11.3 Å². The first-order valence-corrected chi connectivity index (χ1v) is 29.5. The van der Waals surface area contributed by atoms with E-state index in [4.69, 9.17) is 6.57 Å². The molecule has 0 aliphatic rings. The fraction of sp³-hybridized carbons (Fsp3) is 0.160. The minimum atomic E-state index is 0.557. The molecule has 0 bridgehead atoms. The maximum Gasteiger partial charge on any atom is 0.188 e. The predicted molar refractivity (Wildman–Crippen MR) is 360 cm³/mol. The van der Waals surface area contributed by atoms with Crippen LogP contribution in [0, 0.1) is 108 Å². The lowest BCUT2D eigenvalue weighted by Crippen LogP contribution is -2.02. The highest BCUT2D eigenvalue weighted by Gasteiger charge is 2.25. The van der Waals surface area contributed by atoms with Gasteiger partial charge in [-0.2, -0.15) is 5.26 Å². The molecule has 13 rings (SSSR count). The summed E-state index contributed by atoms with van der Waals surface area (Å²) in [6, 6.07) is 67.9. The van der Waals surface area contributed by atoms with Crippen LogP contribution in [0.4, 0.5) is 5.69 Å². The molecule has 0 amide bonds. The van der Waals surface area contributed by atoms with Crippen molar-refractivity contribution in [1.29, 1.82) is 5.26 Å². The minimum Gasteiger partial charge on any atom is -0.309 e. The van der Waals surface area contributed by atoms with Gasteiger partial charge in [-0.25, -0.2) is 4.85 Å². The summed E-state index contributed by atoms with van der Waals surface area (Å²) < 4.78 is 4.91. The van der Waals surface area contributed by atoms with Crippen LogP contribution in [0.25, 0.3) is 127 Å². The Morgan fingerprint density at radius 2 is 0.647 bits per heavy atom. The van der Waals surface area contributed by atoms with Crippen LogP contribution in [0.15, 0.2) is 176 Å². The van der Waals surface area contributed by atoms with Crippen LogP contribution in [0.1, 0.15) is 77.9 Å². The number of rotatable bonds is 8. The van der Waals surface area contributed by atoms with Gasteiger partial charge in [0.25, 0.3) is 0 Å². The first-order valence-electron chi connectivity index (χ1n) is 29.5. The van der Waals surface area contributed by atoms with Gasteiger partial charge in [-0.05, 0) is 280 Å². The van der Waals surface area contributed by atoms with Crippen LogP contribution in [0.5, 0.6) is 0 Å². The van der Waals surface area contributed by atoms with E-state index in [9.17, 15) is 5.26 Å². The Morgan fingerprint density at radius 3 is 0.988 bits per heavy atom. The van der Waals surface area contributed by atoms with Crippen molar-refractivity contribution in [2.45, 2.75) is 90.0 Å². The molecule has 2 aromatic heterocycles. The average Bonchev–Trinajstić information content (AvgIpc) is 2.50. The number of nitriles is 1. The summed E-state index contributed by atoms with van der Waals surface area (Å²) >= 11 is 0. The Hall–Kier alpha value is -10.0. The normalized spacial score (nSPS) is 11.6. The summed E-state index contributed by atoms with van der Waals surface area (Å²) in [6.07, 6.45) is 0. The second-order valence-electron chi connectivity index (χ2n) is 24.4. The first kappa shape index (κ1) is 54.3. The maximum absolute atomic E-state index is 10.0. The van der Waals surface area contributed by atoms with Crippen molar-refractivity contribution < 1.29 is 0 Å². The average molecular weight is 1100 g/mol. The van der Waals surface area contributed by atoms with E-state index in [1.165, 1.54) is 111 Å². The predicted octanol–water partition coefficient (Wildman–Crippen LogP) is 22.3. The fourth-order valence-electron chi connectivity index (χ4n) is 14.9. The van der Waals surface area contributed by atoms with Crippen LogP contribution in [0.3, 0.4) is 0 Å². The van der Waals surface area contributed by atoms with Crippen molar-refractivity contribution >= 4 is 49.3 Å².